The van der Waals surface area contributed by atoms with Gasteiger partial charge in [0.15, 0.2) is 0 Å². The highest BCUT2D eigenvalue weighted by Crippen LogP contribution is 2.18. The lowest BCUT2D eigenvalue weighted by molar-refractivity contribution is 0.560. The normalized spacial score (nSPS) is 12.7. The summed E-state index contributed by atoms with van der Waals surface area (Å²) < 4.78 is 0. The number of nitrogens with one attached hydrogen (secondary N) is 1. The smallest absolute Gasteiger partial charge is 0.0961 e. The van der Waals surface area contributed by atoms with Gasteiger partial charge in [-0.25, -0.2) is 4.98 Å². The first-order valence-corrected chi connectivity index (χ1v) is 6.60. The molecule has 1 rings (SSSR count). The van der Waals surface area contributed by atoms with E-state index < -0.39 is 0 Å². The average molecular weight is 245 g/mol. The molecule has 0 radical (unpaired) electrons. The molecule has 1 unspecified atom stereocenters. The summed E-state index contributed by atoms with van der Waals surface area (Å²) in [6.45, 7) is 5.35. The van der Waals surface area contributed by atoms with Crippen molar-refractivity contribution in [2.45, 2.75) is 31.3 Å². The SMILES string of the molecule is CCNC(CC)CSc1ccc(Cl)cn1. The largest absolute Gasteiger partial charge is 0.313 e. The zero-order valence-electron chi connectivity index (χ0n) is 9.16. The first-order valence-electron chi connectivity index (χ1n) is 5.24. The highest BCUT2D eigenvalue weighted by Gasteiger charge is 2.05. The van der Waals surface area contributed by atoms with Crippen LogP contribution in [0.3, 0.4) is 0 Å². The van der Waals surface area contributed by atoms with E-state index in [4.69, 9.17) is 11.6 Å². The summed E-state index contributed by atoms with van der Waals surface area (Å²) in [7, 11) is 0. The molecule has 0 aliphatic heterocycles. The van der Waals surface area contributed by atoms with Crippen molar-refractivity contribution in [2.75, 3.05) is 12.3 Å². The molecule has 0 aromatic carbocycles. The third-order valence-electron chi connectivity index (χ3n) is 2.12. The fraction of sp³-hybridized carbons (Fsp3) is 0.545. The molecule has 1 atom stereocenters. The van der Waals surface area contributed by atoms with E-state index in [0.29, 0.717) is 11.1 Å². The van der Waals surface area contributed by atoms with E-state index in [2.05, 4.69) is 24.1 Å². The van der Waals surface area contributed by atoms with Gasteiger partial charge in [-0.2, -0.15) is 0 Å². The zero-order chi connectivity index (χ0) is 11.1. The van der Waals surface area contributed by atoms with Crippen LogP contribution < -0.4 is 5.32 Å². The molecule has 0 saturated heterocycles. The lowest BCUT2D eigenvalue weighted by atomic mass is 10.2. The molecule has 1 aromatic rings. The number of hydrogen-bond donors (Lipinski definition) is 1. The minimum Gasteiger partial charge on any atom is -0.313 e. The van der Waals surface area contributed by atoms with E-state index in [1.807, 2.05) is 12.1 Å². The predicted octanol–water partition coefficient (Wildman–Crippen LogP) is 3.22. The molecule has 0 aliphatic carbocycles. The van der Waals surface area contributed by atoms with Crippen LogP contribution in [-0.2, 0) is 0 Å². The molecule has 2 nitrogen and oxygen atoms in total. The van der Waals surface area contributed by atoms with E-state index in [-0.39, 0.29) is 0 Å². The number of thioether (sulfide) groups is 1. The summed E-state index contributed by atoms with van der Waals surface area (Å²) in [4.78, 5) is 4.25. The summed E-state index contributed by atoms with van der Waals surface area (Å²) in [6.07, 6.45) is 2.84. The quantitative estimate of drug-likeness (QED) is 0.778. The molecule has 0 bridgehead atoms. The summed E-state index contributed by atoms with van der Waals surface area (Å²) in [5.41, 5.74) is 0. The van der Waals surface area contributed by atoms with Crippen molar-refractivity contribution in [2.24, 2.45) is 0 Å². The number of aromatic nitrogens is 1. The Kier molecular flexibility index (Phi) is 6.06. The van der Waals surface area contributed by atoms with Crippen LogP contribution in [0.2, 0.25) is 5.02 Å². The average Bonchev–Trinajstić information content (AvgIpc) is 2.26. The molecular formula is C11H17ClN2S. The Balaban J connectivity index is 2.38. The molecule has 0 aliphatic rings. The lowest BCUT2D eigenvalue weighted by Gasteiger charge is -2.14. The van der Waals surface area contributed by atoms with Crippen molar-refractivity contribution in [3.8, 4) is 0 Å². The molecule has 0 fully saturated rings. The Bertz CT molecular complexity index is 276. The van der Waals surface area contributed by atoms with Crippen molar-refractivity contribution in [1.82, 2.24) is 10.3 Å². The Morgan fingerprint density at radius 1 is 1.47 bits per heavy atom. The predicted molar refractivity (Wildman–Crippen MR) is 67.7 cm³/mol. The fourth-order valence-corrected chi connectivity index (χ4v) is 2.37. The molecule has 84 valence electrons. The molecule has 1 heterocycles. The fourth-order valence-electron chi connectivity index (χ4n) is 1.24. The van der Waals surface area contributed by atoms with Gasteiger partial charge in [-0.05, 0) is 25.1 Å². The standard InChI is InChI=1S/C11H17ClN2S/c1-3-10(13-4-2)8-15-11-6-5-9(12)7-14-11/h5-7,10,13H,3-4,8H2,1-2H3. The molecular weight excluding hydrogens is 228 g/mol. The van der Waals surface area contributed by atoms with E-state index in [1.54, 1.807) is 18.0 Å². The maximum atomic E-state index is 5.77. The monoisotopic (exact) mass is 244 g/mol. The maximum absolute atomic E-state index is 5.77. The van der Waals surface area contributed by atoms with Crippen LogP contribution in [0.5, 0.6) is 0 Å². The van der Waals surface area contributed by atoms with Gasteiger partial charge < -0.3 is 5.32 Å². The number of hydrogen-bond acceptors (Lipinski definition) is 3. The first-order chi connectivity index (χ1) is 7.26. The van der Waals surface area contributed by atoms with Crippen molar-refractivity contribution in [3.63, 3.8) is 0 Å². The van der Waals surface area contributed by atoms with Crippen molar-refractivity contribution in [3.05, 3.63) is 23.4 Å². The van der Waals surface area contributed by atoms with Gasteiger partial charge in [0.2, 0.25) is 0 Å². The summed E-state index contributed by atoms with van der Waals surface area (Å²) in [6, 6.07) is 4.41. The van der Waals surface area contributed by atoms with Gasteiger partial charge in [0.05, 0.1) is 10.0 Å². The third-order valence-corrected chi connectivity index (χ3v) is 3.45. The van der Waals surface area contributed by atoms with Crippen molar-refractivity contribution >= 4 is 23.4 Å². The molecule has 4 heteroatoms. The van der Waals surface area contributed by atoms with Crippen LogP contribution >= 0.6 is 23.4 Å². The molecule has 0 amide bonds. The highest BCUT2D eigenvalue weighted by molar-refractivity contribution is 7.99. The summed E-state index contributed by atoms with van der Waals surface area (Å²) in [5.74, 6) is 1.05. The molecule has 15 heavy (non-hydrogen) atoms. The molecule has 1 N–H and O–H groups in total. The van der Waals surface area contributed by atoms with Crippen LogP contribution in [0.1, 0.15) is 20.3 Å². The molecule has 0 saturated carbocycles. The van der Waals surface area contributed by atoms with E-state index >= 15 is 0 Å². The Labute approximate surface area is 101 Å². The summed E-state index contributed by atoms with van der Waals surface area (Å²) >= 11 is 7.54. The van der Waals surface area contributed by atoms with Gasteiger partial charge in [-0.1, -0.05) is 25.4 Å². The topological polar surface area (TPSA) is 24.9 Å². The van der Waals surface area contributed by atoms with Crippen molar-refractivity contribution < 1.29 is 0 Å². The second-order valence-corrected chi connectivity index (χ2v) is 4.77. The van der Waals surface area contributed by atoms with Gasteiger partial charge in [0, 0.05) is 18.0 Å². The minimum absolute atomic E-state index is 0.567. The van der Waals surface area contributed by atoms with Gasteiger partial charge in [-0.15, -0.1) is 11.8 Å². The van der Waals surface area contributed by atoms with Gasteiger partial charge in [0.1, 0.15) is 0 Å². The van der Waals surface area contributed by atoms with Gasteiger partial charge in [-0.3, -0.25) is 0 Å². The molecule has 0 spiro atoms. The highest BCUT2D eigenvalue weighted by atomic mass is 35.5. The number of rotatable bonds is 6. The Hall–Kier alpha value is -0.250. The van der Waals surface area contributed by atoms with Crippen LogP contribution in [0.15, 0.2) is 23.4 Å². The summed E-state index contributed by atoms with van der Waals surface area (Å²) in [5, 5.41) is 5.17. The zero-order valence-corrected chi connectivity index (χ0v) is 10.7. The molecule has 1 aromatic heterocycles. The number of pyridine rings is 1. The lowest BCUT2D eigenvalue weighted by Crippen LogP contribution is -2.30. The van der Waals surface area contributed by atoms with E-state index in [9.17, 15) is 0 Å². The van der Waals surface area contributed by atoms with E-state index in [0.717, 1.165) is 23.7 Å². The second kappa shape index (κ2) is 7.09. The Morgan fingerprint density at radius 2 is 2.27 bits per heavy atom. The second-order valence-electron chi connectivity index (χ2n) is 3.29. The minimum atomic E-state index is 0.567. The van der Waals surface area contributed by atoms with Crippen LogP contribution in [-0.4, -0.2) is 23.3 Å². The number of halogens is 1. The van der Waals surface area contributed by atoms with Crippen LogP contribution in [0.4, 0.5) is 0 Å². The Morgan fingerprint density at radius 3 is 2.80 bits per heavy atom. The van der Waals surface area contributed by atoms with Crippen molar-refractivity contribution in [1.29, 1.82) is 0 Å². The number of nitrogens with zero attached hydrogens (tertiary/aromatic N) is 1. The van der Waals surface area contributed by atoms with Gasteiger partial charge in [0.25, 0.3) is 0 Å². The van der Waals surface area contributed by atoms with Crippen LogP contribution in [0.25, 0.3) is 0 Å². The third kappa shape index (κ3) is 4.87. The first kappa shape index (κ1) is 12.8. The van der Waals surface area contributed by atoms with Crippen LogP contribution in [0, 0.1) is 0 Å². The van der Waals surface area contributed by atoms with E-state index in [1.165, 1.54) is 0 Å². The van der Waals surface area contributed by atoms with Gasteiger partial charge >= 0.3 is 0 Å². The maximum Gasteiger partial charge on any atom is 0.0961 e.